The van der Waals surface area contributed by atoms with Gasteiger partial charge in [0.25, 0.3) is 5.91 Å². The molecule has 2 heterocycles. The Labute approximate surface area is 225 Å². The summed E-state index contributed by atoms with van der Waals surface area (Å²) in [6.07, 6.45) is 7.75. The molecule has 0 unspecified atom stereocenters. The van der Waals surface area contributed by atoms with Crippen molar-refractivity contribution in [2.45, 2.75) is 53.0 Å². The van der Waals surface area contributed by atoms with Gasteiger partial charge in [0.15, 0.2) is 0 Å². The van der Waals surface area contributed by atoms with Crippen LogP contribution >= 0.6 is 11.6 Å². The van der Waals surface area contributed by atoms with Crippen molar-refractivity contribution in [2.75, 3.05) is 32.1 Å². The van der Waals surface area contributed by atoms with Crippen LogP contribution in [-0.2, 0) is 9.53 Å². The number of nitrogens with zero attached hydrogens (tertiary/aromatic N) is 3. The van der Waals surface area contributed by atoms with Crippen LogP contribution < -0.4 is 10.6 Å². The summed E-state index contributed by atoms with van der Waals surface area (Å²) < 4.78 is 4.85. The van der Waals surface area contributed by atoms with Crippen LogP contribution in [0.3, 0.4) is 0 Å². The summed E-state index contributed by atoms with van der Waals surface area (Å²) in [5.74, 6) is 0.326. The molecule has 0 radical (unpaired) electrons. The van der Waals surface area contributed by atoms with Gasteiger partial charge in [-0.3, -0.25) is 9.59 Å². The molecule has 37 heavy (non-hydrogen) atoms. The normalized spacial score (nSPS) is 14.5. The second kappa shape index (κ2) is 15.8. The molecule has 0 bridgehead atoms. The maximum absolute atomic E-state index is 12.9. The number of halogens is 1. The first-order valence-electron chi connectivity index (χ1n) is 12.7. The first-order valence-corrected chi connectivity index (χ1v) is 13.1. The lowest BCUT2D eigenvalue weighted by Gasteiger charge is -2.32. The Morgan fingerprint density at radius 3 is 2.43 bits per heavy atom. The van der Waals surface area contributed by atoms with Gasteiger partial charge < -0.3 is 20.3 Å². The van der Waals surface area contributed by atoms with Crippen LogP contribution in [0.1, 0.15) is 63.0 Å². The van der Waals surface area contributed by atoms with Crippen LogP contribution in [0, 0.1) is 0 Å². The maximum Gasteiger partial charge on any atom is 0.253 e. The first kappa shape index (κ1) is 30.0. The highest BCUT2D eigenvalue weighted by molar-refractivity contribution is 6.29. The number of piperidine rings is 1. The number of nitrogens with one attached hydrogen (secondary N) is 2. The lowest BCUT2D eigenvalue weighted by atomic mass is 10.0. The van der Waals surface area contributed by atoms with Crippen LogP contribution in [0.5, 0.6) is 0 Å². The molecule has 2 aromatic rings. The zero-order valence-corrected chi connectivity index (χ0v) is 23.1. The lowest BCUT2D eigenvalue weighted by molar-refractivity contribution is -0.125. The predicted octanol–water partition coefficient (Wildman–Crippen LogP) is 5.55. The molecule has 1 fully saturated rings. The van der Waals surface area contributed by atoms with Gasteiger partial charge in [-0.15, -0.1) is 0 Å². The van der Waals surface area contributed by atoms with Crippen molar-refractivity contribution in [3.05, 3.63) is 65.0 Å². The number of carbonyl (C=O) groups is 2. The fraction of sp³-hybridized carbons (Fsp3) is 0.429. The second-order valence-electron chi connectivity index (χ2n) is 8.35. The number of likely N-dealkylation sites (tertiary alicyclic amines) is 1. The van der Waals surface area contributed by atoms with E-state index in [9.17, 15) is 9.59 Å². The van der Waals surface area contributed by atoms with Crippen molar-refractivity contribution in [1.82, 2.24) is 20.2 Å². The largest absolute Gasteiger partial charge is 0.375 e. The minimum Gasteiger partial charge on any atom is -0.375 e. The molecule has 1 aliphatic rings. The summed E-state index contributed by atoms with van der Waals surface area (Å²) in [6, 6.07) is 9.19. The molecule has 1 saturated heterocycles. The molecule has 3 rings (SSSR count). The molecule has 9 heteroatoms. The van der Waals surface area contributed by atoms with E-state index in [4.69, 9.17) is 16.3 Å². The van der Waals surface area contributed by atoms with E-state index >= 15 is 0 Å². The Kier molecular flexibility index (Phi) is 12.8. The molecule has 0 aliphatic carbocycles. The Morgan fingerprint density at radius 2 is 1.81 bits per heavy atom. The number of carbonyl (C=O) groups excluding carboxylic acids is 2. The molecule has 200 valence electrons. The van der Waals surface area contributed by atoms with E-state index in [1.54, 1.807) is 18.3 Å². The number of ether oxygens (including phenoxy) is 1. The van der Waals surface area contributed by atoms with E-state index in [1.165, 1.54) is 7.11 Å². The molecule has 1 aromatic heterocycles. The Hall–Kier alpha value is -3.23. The smallest absolute Gasteiger partial charge is 0.253 e. The Bertz CT molecular complexity index is 1080. The van der Waals surface area contributed by atoms with E-state index in [1.807, 2.05) is 62.9 Å². The predicted molar refractivity (Wildman–Crippen MR) is 150 cm³/mol. The van der Waals surface area contributed by atoms with Gasteiger partial charge in [-0.1, -0.05) is 38.4 Å². The Morgan fingerprint density at radius 1 is 1.14 bits per heavy atom. The van der Waals surface area contributed by atoms with Crippen LogP contribution in [0.25, 0.3) is 5.57 Å². The third-order valence-corrected chi connectivity index (χ3v) is 6.12. The molecule has 2 amide bonds. The number of allylic oxidation sites excluding steroid dienone is 4. The standard InChI is InChI=1S/C26H32ClN5O3.C2H6/c1-4-20(27)8-5-18(2)23-11-14-28-26(31-23)30-21-9-6-19(7-10-21)25(34)32-15-12-22(13-16-32)29-24(33)17-35-3;1-2/h5-11,14,22H,4,12-13,15-17H2,1-3H3,(H,29,33)(H,28,30,31);1-2H3/b18-5+,20-8+;. The number of rotatable bonds is 9. The quantitative estimate of drug-likeness (QED) is 0.415. The highest BCUT2D eigenvalue weighted by Gasteiger charge is 2.24. The van der Waals surface area contributed by atoms with Gasteiger partial charge in [-0.05, 0) is 68.2 Å². The third kappa shape index (κ3) is 9.63. The zero-order chi connectivity index (χ0) is 27.2. The van der Waals surface area contributed by atoms with Crippen molar-refractivity contribution in [2.24, 2.45) is 0 Å². The van der Waals surface area contributed by atoms with Gasteiger partial charge in [-0.2, -0.15) is 0 Å². The van der Waals surface area contributed by atoms with Gasteiger partial charge in [0.2, 0.25) is 11.9 Å². The first-order chi connectivity index (χ1) is 17.9. The maximum atomic E-state index is 12.9. The van der Waals surface area contributed by atoms with Gasteiger partial charge >= 0.3 is 0 Å². The molecule has 1 aromatic carbocycles. The summed E-state index contributed by atoms with van der Waals surface area (Å²) in [6.45, 7) is 9.23. The van der Waals surface area contributed by atoms with E-state index in [2.05, 4.69) is 20.6 Å². The zero-order valence-electron chi connectivity index (χ0n) is 22.4. The summed E-state index contributed by atoms with van der Waals surface area (Å²) in [5, 5.41) is 6.91. The van der Waals surface area contributed by atoms with Crippen LogP contribution in [0.15, 0.2) is 53.7 Å². The fourth-order valence-corrected chi connectivity index (χ4v) is 3.76. The van der Waals surface area contributed by atoms with Crippen LogP contribution in [-0.4, -0.2) is 59.5 Å². The average Bonchev–Trinajstić information content (AvgIpc) is 2.93. The number of methoxy groups -OCH3 is 1. The van der Waals surface area contributed by atoms with E-state index in [0.29, 0.717) is 24.6 Å². The summed E-state index contributed by atoms with van der Waals surface area (Å²) in [5.41, 5.74) is 3.18. The minimum absolute atomic E-state index is 0.0176. The Balaban J connectivity index is 0.00000235. The number of amides is 2. The van der Waals surface area contributed by atoms with Gasteiger partial charge in [0.1, 0.15) is 6.61 Å². The van der Waals surface area contributed by atoms with Gasteiger partial charge in [0.05, 0.1) is 5.69 Å². The summed E-state index contributed by atoms with van der Waals surface area (Å²) in [7, 11) is 1.49. The molecule has 0 spiro atoms. The van der Waals surface area contributed by atoms with Crippen molar-refractivity contribution in [3.63, 3.8) is 0 Å². The van der Waals surface area contributed by atoms with Crippen molar-refractivity contribution >= 4 is 40.6 Å². The third-order valence-electron chi connectivity index (χ3n) is 5.72. The minimum atomic E-state index is -0.126. The molecule has 0 saturated carbocycles. The number of hydrogen-bond donors (Lipinski definition) is 2. The van der Waals surface area contributed by atoms with Crippen LogP contribution in [0.4, 0.5) is 11.6 Å². The number of hydrogen-bond acceptors (Lipinski definition) is 6. The molecule has 1 aliphatic heterocycles. The second-order valence-corrected chi connectivity index (χ2v) is 8.84. The van der Waals surface area contributed by atoms with Crippen molar-refractivity contribution < 1.29 is 14.3 Å². The monoisotopic (exact) mass is 527 g/mol. The van der Waals surface area contributed by atoms with Crippen LogP contribution in [0.2, 0.25) is 0 Å². The van der Waals surface area contributed by atoms with Crippen molar-refractivity contribution in [1.29, 1.82) is 0 Å². The lowest BCUT2D eigenvalue weighted by Crippen LogP contribution is -2.47. The number of benzene rings is 1. The summed E-state index contributed by atoms with van der Waals surface area (Å²) in [4.78, 5) is 35.3. The van der Waals surface area contributed by atoms with E-state index in [0.717, 1.165) is 41.2 Å². The molecule has 0 atom stereocenters. The number of aromatic nitrogens is 2. The molecular formula is C28H38ClN5O3. The molecule has 2 N–H and O–H groups in total. The van der Waals surface area contributed by atoms with Crippen molar-refractivity contribution in [3.8, 4) is 0 Å². The molecule has 8 nitrogen and oxygen atoms in total. The van der Waals surface area contributed by atoms with Gasteiger partial charge in [-0.25, -0.2) is 9.97 Å². The van der Waals surface area contributed by atoms with Gasteiger partial charge in [0, 0.05) is 48.7 Å². The topological polar surface area (TPSA) is 96.5 Å². The average molecular weight is 528 g/mol. The van der Waals surface area contributed by atoms with E-state index < -0.39 is 0 Å². The fourth-order valence-electron chi connectivity index (χ4n) is 3.69. The molecular weight excluding hydrogens is 490 g/mol. The number of anilines is 2. The highest BCUT2D eigenvalue weighted by Crippen LogP contribution is 2.19. The van der Waals surface area contributed by atoms with E-state index in [-0.39, 0.29) is 24.5 Å². The highest BCUT2D eigenvalue weighted by atomic mass is 35.5. The summed E-state index contributed by atoms with van der Waals surface area (Å²) >= 11 is 6.08. The SMILES string of the molecule is CC.CC/C(Cl)=C\C=C(/C)c1ccnc(Nc2ccc(C(=O)N3CCC(NC(=O)COC)CC3)cc2)n1.